The van der Waals surface area contributed by atoms with Crippen molar-refractivity contribution < 1.29 is 0 Å². The zero-order valence-electron chi connectivity index (χ0n) is 9.81. The van der Waals surface area contributed by atoms with Crippen LogP contribution in [0.4, 0.5) is 0 Å². The molecule has 1 fully saturated rings. The SMILES string of the molecule is C=CCCC(NC)C1(C)CCCCC1. The Bertz CT molecular complexity index is 168. The molecule has 1 atom stereocenters. The Hall–Kier alpha value is -0.300. The molecule has 0 aromatic heterocycles. The molecule has 0 saturated heterocycles. The lowest BCUT2D eigenvalue weighted by molar-refractivity contribution is 0.144. The van der Waals surface area contributed by atoms with Crippen LogP contribution in [0.2, 0.25) is 0 Å². The van der Waals surface area contributed by atoms with Crippen molar-refractivity contribution in [3.05, 3.63) is 12.7 Å². The molecule has 1 heteroatoms. The molecule has 0 bridgehead atoms. The molecule has 1 saturated carbocycles. The summed E-state index contributed by atoms with van der Waals surface area (Å²) in [4.78, 5) is 0. The standard InChI is InChI=1S/C13H25N/c1-4-5-9-12(14-3)13(2)10-7-6-8-11-13/h4,12,14H,1,5-11H2,2-3H3. The molecule has 1 aliphatic carbocycles. The minimum Gasteiger partial charge on any atom is -0.316 e. The summed E-state index contributed by atoms with van der Waals surface area (Å²) in [7, 11) is 2.10. The van der Waals surface area contributed by atoms with Crippen molar-refractivity contribution in [3.8, 4) is 0 Å². The Balaban J connectivity index is 2.50. The van der Waals surface area contributed by atoms with Crippen molar-refractivity contribution in [2.75, 3.05) is 7.05 Å². The lowest BCUT2D eigenvalue weighted by Gasteiger charge is -2.40. The second-order valence-electron chi connectivity index (χ2n) is 4.92. The topological polar surface area (TPSA) is 12.0 Å². The number of allylic oxidation sites excluding steroid dienone is 1. The van der Waals surface area contributed by atoms with E-state index in [0.717, 1.165) is 6.42 Å². The molecule has 0 heterocycles. The maximum Gasteiger partial charge on any atom is 0.0121 e. The molecule has 0 aromatic carbocycles. The summed E-state index contributed by atoms with van der Waals surface area (Å²) >= 11 is 0. The molecule has 0 spiro atoms. The fourth-order valence-corrected chi connectivity index (χ4v) is 2.83. The van der Waals surface area contributed by atoms with Gasteiger partial charge in [-0.1, -0.05) is 32.3 Å². The second kappa shape index (κ2) is 5.55. The van der Waals surface area contributed by atoms with E-state index >= 15 is 0 Å². The molecule has 1 nitrogen and oxygen atoms in total. The molecule has 82 valence electrons. The normalized spacial score (nSPS) is 23.0. The van der Waals surface area contributed by atoms with Gasteiger partial charge in [-0.3, -0.25) is 0 Å². The Kier molecular flexibility index (Phi) is 4.67. The first-order chi connectivity index (χ1) is 6.73. The van der Waals surface area contributed by atoms with E-state index in [0.29, 0.717) is 11.5 Å². The fraction of sp³-hybridized carbons (Fsp3) is 0.846. The van der Waals surface area contributed by atoms with Crippen molar-refractivity contribution in [1.82, 2.24) is 5.32 Å². The van der Waals surface area contributed by atoms with Gasteiger partial charge in [-0.2, -0.15) is 0 Å². The van der Waals surface area contributed by atoms with Crippen LogP contribution in [0.3, 0.4) is 0 Å². The molecule has 0 aromatic rings. The zero-order chi connectivity index (χ0) is 10.4. The number of hydrogen-bond donors (Lipinski definition) is 1. The summed E-state index contributed by atoms with van der Waals surface area (Å²) in [5, 5.41) is 3.50. The number of rotatable bonds is 5. The van der Waals surface area contributed by atoms with Crippen LogP contribution in [-0.4, -0.2) is 13.1 Å². The third-order valence-electron chi connectivity index (χ3n) is 3.84. The van der Waals surface area contributed by atoms with Crippen LogP contribution in [0.15, 0.2) is 12.7 Å². The highest BCUT2D eigenvalue weighted by molar-refractivity contribution is 4.90. The monoisotopic (exact) mass is 195 g/mol. The fourth-order valence-electron chi connectivity index (χ4n) is 2.83. The maximum atomic E-state index is 3.81. The Labute approximate surface area is 89.0 Å². The lowest BCUT2D eigenvalue weighted by Crippen LogP contribution is -2.43. The molecule has 1 aliphatic rings. The van der Waals surface area contributed by atoms with Gasteiger partial charge in [-0.05, 0) is 38.1 Å². The molecule has 14 heavy (non-hydrogen) atoms. The summed E-state index contributed by atoms with van der Waals surface area (Å²) in [6, 6.07) is 0.681. The number of nitrogens with one attached hydrogen (secondary N) is 1. The molecular weight excluding hydrogens is 170 g/mol. The molecular formula is C13H25N. The quantitative estimate of drug-likeness (QED) is 0.662. The first kappa shape index (κ1) is 11.8. The summed E-state index contributed by atoms with van der Waals surface area (Å²) in [6.45, 7) is 6.26. The Morgan fingerprint density at radius 3 is 2.50 bits per heavy atom. The van der Waals surface area contributed by atoms with Crippen LogP contribution in [0, 0.1) is 5.41 Å². The maximum absolute atomic E-state index is 3.81. The first-order valence-electron chi connectivity index (χ1n) is 6.01. The van der Waals surface area contributed by atoms with Crippen LogP contribution in [0.25, 0.3) is 0 Å². The average Bonchev–Trinajstić information content (AvgIpc) is 2.20. The van der Waals surface area contributed by atoms with Gasteiger partial charge in [0, 0.05) is 6.04 Å². The summed E-state index contributed by atoms with van der Waals surface area (Å²) in [6.07, 6.45) is 11.5. The second-order valence-corrected chi connectivity index (χ2v) is 4.92. The van der Waals surface area contributed by atoms with Crippen molar-refractivity contribution in [1.29, 1.82) is 0 Å². The van der Waals surface area contributed by atoms with E-state index in [1.165, 1.54) is 38.5 Å². The predicted molar refractivity (Wildman–Crippen MR) is 63.5 cm³/mol. The van der Waals surface area contributed by atoms with E-state index in [-0.39, 0.29) is 0 Å². The van der Waals surface area contributed by atoms with E-state index in [4.69, 9.17) is 0 Å². The van der Waals surface area contributed by atoms with Crippen LogP contribution in [-0.2, 0) is 0 Å². The van der Waals surface area contributed by atoms with Crippen LogP contribution in [0.1, 0.15) is 51.9 Å². The van der Waals surface area contributed by atoms with Gasteiger partial charge in [-0.25, -0.2) is 0 Å². The third kappa shape index (κ3) is 2.84. The van der Waals surface area contributed by atoms with Gasteiger partial charge >= 0.3 is 0 Å². The molecule has 0 amide bonds. The third-order valence-corrected chi connectivity index (χ3v) is 3.84. The van der Waals surface area contributed by atoms with E-state index in [1.54, 1.807) is 0 Å². The van der Waals surface area contributed by atoms with Gasteiger partial charge in [0.15, 0.2) is 0 Å². The van der Waals surface area contributed by atoms with E-state index in [9.17, 15) is 0 Å². The largest absolute Gasteiger partial charge is 0.316 e. The van der Waals surface area contributed by atoms with Crippen LogP contribution >= 0.6 is 0 Å². The first-order valence-corrected chi connectivity index (χ1v) is 6.01. The van der Waals surface area contributed by atoms with Gasteiger partial charge in [0.05, 0.1) is 0 Å². The van der Waals surface area contributed by atoms with Crippen molar-refractivity contribution in [2.24, 2.45) is 5.41 Å². The molecule has 1 unspecified atom stereocenters. The minimum absolute atomic E-state index is 0.538. The van der Waals surface area contributed by atoms with Gasteiger partial charge < -0.3 is 5.32 Å². The van der Waals surface area contributed by atoms with Crippen molar-refractivity contribution >= 4 is 0 Å². The summed E-state index contributed by atoms with van der Waals surface area (Å²) in [5.74, 6) is 0. The van der Waals surface area contributed by atoms with Gasteiger partial charge in [0.25, 0.3) is 0 Å². The summed E-state index contributed by atoms with van der Waals surface area (Å²) < 4.78 is 0. The van der Waals surface area contributed by atoms with Crippen LogP contribution < -0.4 is 5.32 Å². The lowest BCUT2D eigenvalue weighted by atomic mass is 9.69. The highest BCUT2D eigenvalue weighted by Crippen LogP contribution is 2.40. The van der Waals surface area contributed by atoms with E-state index in [1.807, 2.05) is 6.08 Å². The molecule has 1 N–H and O–H groups in total. The van der Waals surface area contributed by atoms with Gasteiger partial charge in [-0.15, -0.1) is 6.58 Å². The zero-order valence-corrected chi connectivity index (χ0v) is 9.81. The summed E-state index contributed by atoms with van der Waals surface area (Å²) in [5.41, 5.74) is 0.538. The minimum atomic E-state index is 0.538. The molecule has 0 aliphatic heterocycles. The average molecular weight is 195 g/mol. The Morgan fingerprint density at radius 1 is 1.36 bits per heavy atom. The molecule has 0 radical (unpaired) electrons. The smallest absolute Gasteiger partial charge is 0.0121 e. The van der Waals surface area contributed by atoms with Gasteiger partial charge in [0.1, 0.15) is 0 Å². The Morgan fingerprint density at radius 2 is 2.00 bits per heavy atom. The van der Waals surface area contributed by atoms with Gasteiger partial charge in [0.2, 0.25) is 0 Å². The van der Waals surface area contributed by atoms with Crippen molar-refractivity contribution in [2.45, 2.75) is 57.9 Å². The van der Waals surface area contributed by atoms with Crippen molar-refractivity contribution in [3.63, 3.8) is 0 Å². The highest BCUT2D eigenvalue weighted by atomic mass is 14.9. The molecule has 1 rings (SSSR count). The van der Waals surface area contributed by atoms with E-state index < -0.39 is 0 Å². The highest BCUT2D eigenvalue weighted by Gasteiger charge is 2.33. The van der Waals surface area contributed by atoms with Crippen LogP contribution in [0.5, 0.6) is 0 Å². The predicted octanol–water partition coefficient (Wildman–Crippen LogP) is 3.51. The van der Waals surface area contributed by atoms with E-state index in [2.05, 4.69) is 25.9 Å². The number of hydrogen-bond acceptors (Lipinski definition) is 1.